The highest BCUT2D eigenvalue weighted by atomic mass is 15.3. The van der Waals surface area contributed by atoms with Gasteiger partial charge in [-0.1, -0.05) is 13.8 Å². The topological polar surface area (TPSA) is 6.48 Å². The number of hydrogen-bond donors (Lipinski definition) is 0. The molecule has 2 aliphatic heterocycles. The minimum Gasteiger partial charge on any atom is -0.300 e. The highest BCUT2D eigenvalue weighted by Gasteiger charge is 2.32. The predicted octanol–water partition coefficient (Wildman–Crippen LogP) is 1.42. The normalized spacial score (nSPS) is 27.0. The fourth-order valence-corrected chi connectivity index (χ4v) is 2.55. The van der Waals surface area contributed by atoms with Gasteiger partial charge < -0.3 is 0 Å². The number of hydrogen-bond acceptors (Lipinski definition) is 2. The van der Waals surface area contributed by atoms with Crippen LogP contribution in [-0.4, -0.2) is 48.6 Å². The molecular weight excluding hydrogens is 160 g/mol. The molecule has 2 aliphatic rings. The molecule has 2 heteroatoms. The molecular formula is C11H22N2. The van der Waals surface area contributed by atoms with E-state index >= 15 is 0 Å². The van der Waals surface area contributed by atoms with Crippen molar-refractivity contribution in [3.63, 3.8) is 0 Å². The van der Waals surface area contributed by atoms with Crippen LogP contribution >= 0.6 is 0 Å². The van der Waals surface area contributed by atoms with Gasteiger partial charge in [0, 0.05) is 25.7 Å². The molecule has 0 atom stereocenters. The maximum absolute atomic E-state index is 2.68. The van der Waals surface area contributed by atoms with Gasteiger partial charge in [-0.15, -0.1) is 0 Å². The molecule has 0 spiro atoms. The summed E-state index contributed by atoms with van der Waals surface area (Å²) in [5.41, 5.74) is 0. The first kappa shape index (κ1) is 9.47. The maximum atomic E-state index is 2.68. The van der Waals surface area contributed by atoms with Gasteiger partial charge in [0.05, 0.1) is 0 Å². The molecule has 2 rings (SSSR count). The molecule has 0 amide bonds. The summed E-state index contributed by atoms with van der Waals surface area (Å²) in [5, 5.41) is 0. The van der Waals surface area contributed by atoms with Crippen LogP contribution in [0, 0.1) is 5.92 Å². The van der Waals surface area contributed by atoms with Crippen LogP contribution in [0.2, 0.25) is 0 Å². The molecule has 0 aromatic heterocycles. The van der Waals surface area contributed by atoms with E-state index in [2.05, 4.69) is 23.6 Å². The van der Waals surface area contributed by atoms with E-state index in [-0.39, 0.29) is 0 Å². The highest BCUT2D eigenvalue weighted by molar-refractivity contribution is 4.89. The Morgan fingerprint density at radius 1 is 1.15 bits per heavy atom. The smallest absolute Gasteiger partial charge is 0.0350 e. The minimum atomic E-state index is 0.833. The first-order valence-electron chi connectivity index (χ1n) is 5.72. The van der Waals surface area contributed by atoms with Crippen molar-refractivity contribution in [1.29, 1.82) is 0 Å². The zero-order chi connectivity index (χ0) is 9.26. The zero-order valence-corrected chi connectivity index (χ0v) is 9.00. The van der Waals surface area contributed by atoms with Crippen LogP contribution < -0.4 is 0 Å². The van der Waals surface area contributed by atoms with Crippen molar-refractivity contribution in [2.45, 2.75) is 32.7 Å². The van der Waals surface area contributed by atoms with Crippen LogP contribution in [-0.2, 0) is 0 Å². The van der Waals surface area contributed by atoms with Crippen LogP contribution in [0.1, 0.15) is 26.7 Å². The Labute approximate surface area is 81.9 Å². The van der Waals surface area contributed by atoms with Crippen LogP contribution in [0.25, 0.3) is 0 Å². The summed E-state index contributed by atoms with van der Waals surface area (Å²) >= 11 is 0. The second-order valence-corrected chi connectivity index (χ2v) is 5.01. The van der Waals surface area contributed by atoms with Crippen LogP contribution in [0.4, 0.5) is 0 Å². The highest BCUT2D eigenvalue weighted by Crippen LogP contribution is 2.20. The van der Waals surface area contributed by atoms with E-state index in [0.29, 0.717) is 0 Å². The summed E-state index contributed by atoms with van der Waals surface area (Å²) in [7, 11) is 0. The average Bonchev–Trinajstić information content (AvgIpc) is 2.46. The molecule has 0 saturated carbocycles. The lowest BCUT2D eigenvalue weighted by Crippen LogP contribution is -2.59. The molecule has 2 saturated heterocycles. The van der Waals surface area contributed by atoms with Crippen LogP contribution in [0.15, 0.2) is 0 Å². The molecule has 13 heavy (non-hydrogen) atoms. The quantitative estimate of drug-likeness (QED) is 0.651. The zero-order valence-electron chi connectivity index (χ0n) is 9.00. The molecule has 2 heterocycles. The van der Waals surface area contributed by atoms with Gasteiger partial charge in [0.1, 0.15) is 0 Å². The third-order valence-electron chi connectivity index (χ3n) is 3.22. The Bertz CT molecular complexity index is 155. The molecule has 0 aromatic rings. The van der Waals surface area contributed by atoms with Crippen LogP contribution in [0.3, 0.4) is 0 Å². The summed E-state index contributed by atoms with van der Waals surface area (Å²) in [6, 6.07) is 0.904. The Balaban J connectivity index is 1.66. The minimum absolute atomic E-state index is 0.833. The first-order valence-corrected chi connectivity index (χ1v) is 5.72. The van der Waals surface area contributed by atoms with Gasteiger partial charge in [0.2, 0.25) is 0 Å². The second kappa shape index (κ2) is 3.97. The Kier molecular flexibility index (Phi) is 2.89. The van der Waals surface area contributed by atoms with Crippen molar-refractivity contribution in [2.75, 3.05) is 32.7 Å². The maximum Gasteiger partial charge on any atom is 0.0350 e. The predicted molar refractivity (Wildman–Crippen MR) is 55.9 cm³/mol. The summed E-state index contributed by atoms with van der Waals surface area (Å²) in [5.74, 6) is 0.833. The van der Waals surface area contributed by atoms with Crippen molar-refractivity contribution in [3.8, 4) is 0 Å². The van der Waals surface area contributed by atoms with E-state index in [1.165, 1.54) is 45.6 Å². The van der Waals surface area contributed by atoms with E-state index in [1.54, 1.807) is 0 Å². The fourth-order valence-electron chi connectivity index (χ4n) is 2.55. The first-order chi connectivity index (χ1) is 6.25. The second-order valence-electron chi connectivity index (χ2n) is 5.01. The van der Waals surface area contributed by atoms with Crippen molar-refractivity contribution < 1.29 is 0 Å². The van der Waals surface area contributed by atoms with Crippen molar-refractivity contribution in [2.24, 2.45) is 5.92 Å². The van der Waals surface area contributed by atoms with Gasteiger partial charge in [-0.25, -0.2) is 0 Å². The van der Waals surface area contributed by atoms with Gasteiger partial charge in [0.15, 0.2) is 0 Å². The summed E-state index contributed by atoms with van der Waals surface area (Å²) in [4.78, 5) is 5.27. The molecule has 0 radical (unpaired) electrons. The Hall–Kier alpha value is -0.0800. The standard InChI is InChI=1S/C11H22N2/c1-10(2)7-12-8-11(9-12)13-5-3-4-6-13/h10-11H,3-9H2,1-2H3. The van der Waals surface area contributed by atoms with Gasteiger partial charge in [-0.2, -0.15) is 0 Å². The Morgan fingerprint density at radius 3 is 2.31 bits per heavy atom. The van der Waals surface area contributed by atoms with Crippen molar-refractivity contribution >= 4 is 0 Å². The van der Waals surface area contributed by atoms with Gasteiger partial charge in [-0.3, -0.25) is 9.80 Å². The number of rotatable bonds is 3. The van der Waals surface area contributed by atoms with Gasteiger partial charge in [-0.05, 0) is 31.8 Å². The van der Waals surface area contributed by atoms with Crippen molar-refractivity contribution in [1.82, 2.24) is 9.80 Å². The lowest BCUT2D eigenvalue weighted by molar-refractivity contribution is 0.0400. The lowest BCUT2D eigenvalue weighted by Gasteiger charge is -2.44. The van der Waals surface area contributed by atoms with E-state index in [1.807, 2.05) is 0 Å². The van der Waals surface area contributed by atoms with Crippen molar-refractivity contribution in [3.05, 3.63) is 0 Å². The van der Waals surface area contributed by atoms with E-state index in [0.717, 1.165) is 12.0 Å². The monoisotopic (exact) mass is 182 g/mol. The third-order valence-corrected chi connectivity index (χ3v) is 3.22. The van der Waals surface area contributed by atoms with E-state index in [9.17, 15) is 0 Å². The largest absolute Gasteiger partial charge is 0.300 e. The molecule has 0 unspecified atom stereocenters. The third kappa shape index (κ3) is 2.23. The summed E-state index contributed by atoms with van der Waals surface area (Å²) in [6.07, 6.45) is 2.86. The Morgan fingerprint density at radius 2 is 1.77 bits per heavy atom. The average molecular weight is 182 g/mol. The SMILES string of the molecule is CC(C)CN1CC(N2CCCC2)C1. The molecule has 0 bridgehead atoms. The molecule has 76 valence electrons. The fraction of sp³-hybridized carbons (Fsp3) is 1.00. The molecule has 2 nitrogen and oxygen atoms in total. The summed E-state index contributed by atoms with van der Waals surface area (Å²) < 4.78 is 0. The lowest BCUT2D eigenvalue weighted by atomic mass is 10.1. The van der Waals surface area contributed by atoms with Crippen LogP contribution in [0.5, 0.6) is 0 Å². The summed E-state index contributed by atoms with van der Waals surface area (Å²) in [6.45, 7) is 11.3. The number of nitrogens with zero attached hydrogens (tertiary/aromatic N) is 2. The molecule has 0 aromatic carbocycles. The molecule has 2 fully saturated rings. The molecule has 0 N–H and O–H groups in total. The molecule has 0 aliphatic carbocycles. The van der Waals surface area contributed by atoms with Gasteiger partial charge >= 0.3 is 0 Å². The van der Waals surface area contributed by atoms with E-state index < -0.39 is 0 Å². The van der Waals surface area contributed by atoms with E-state index in [4.69, 9.17) is 0 Å². The van der Waals surface area contributed by atoms with Gasteiger partial charge in [0.25, 0.3) is 0 Å². The number of likely N-dealkylation sites (tertiary alicyclic amines) is 2.